The maximum Gasteiger partial charge on any atom is 0.250 e. The van der Waals surface area contributed by atoms with Crippen LogP contribution in [0.4, 0.5) is 0 Å². The van der Waals surface area contributed by atoms with Gasteiger partial charge in [0, 0.05) is 13.1 Å². The van der Waals surface area contributed by atoms with Gasteiger partial charge in [0.1, 0.15) is 6.10 Å². The number of ether oxygens (including phenoxy) is 3. The van der Waals surface area contributed by atoms with Gasteiger partial charge in [-0.3, -0.25) is 4.79 Å². The Bertz CT molecular complexity index is 521. The van der Waals surface area contributed by atoms with Crippen molar-refractivity contribution in [2.45, 2.75) is 32.9 Å². The molecule has 1 fully saturated rings. The molecule has 1 aliphatic heterocycles. The van der Waals surface area contributed by atoms with Crippen LogP contribution in [0.5, 0.6) is 11.5 Å². The molecule has 0 spiro atoms. The second-order valence-corrected chi connectivity index (χ2v) is 5.37. The quantitative estimate of drug-likeness (QED) is 0.781. The minimum Gasteiger partial charge on any atom is -0.490 e. The van der Waals surface area contributed by atoms with Gasteiger partial charge in [-0.2, -0.15) is 0 Å². The van der Waals surface area contributed by atoms with Crippen LogP contribution in [0.1, 0.15) is 32.4 Å². The van der Waals surface area contributed by atoms with E-state index in [1.165, 1.54) is 0 Å². The van der Waals surface area contributed by atoms with Gasteiger partial charge in [0.2, 0.25) is 0 Å². The average Bonchev–Trinajstić information content (AvgIpc) is 2.57. The first kappa shape index (κ1) is 20.5. The van der Waals surface area contributed by atoms with Crippen molar-refractivity contribution in [1.29, 1.82) is 0 Å². The summed E-state index contributed by atoms with van der Waals surface area (Å²) in [6, 6.07) is 5.60. The summed E-state index contributed by atoms with van der Waals surface area (Å²) < 4.78 is 16.7. The molecule has 24 heavy (non-hydrogen) atoms. The van der Waals surface area contributed by atoms with E-state index in [0.29, 0.717) is 32.1 Å². The molecule has 6 nitrogen and oxygen atoms in total. The van der Waals surface area contributed by atoms with Crippen LogP contribution in [0.25, 0.3) is 0 Å². The van der Waals surface area contributed by atoms with Crippen LogP contribution in [0.2, 0.25) is 0 Å². The molecule has 0 aromatic heterocycles. The predicted molar refractivity (Wildman–Crippen MR) is 95.2 cm³/mol. The van der Waals surface area contributed by atoms with E-state index in [1.54, 1.807) is 0 Å². The van der Waals surface area contributed by atoms with Crippen LogP contribution in [0.3, 0.4) is 0 Å². The molecule has 0 bridgehead atoms. The highest BCUT2D eigenvalue weighted by Crippen LogP contribution is 2.30. The van der Waals surface area contributed by atoms with Crippen LogP contribution in [0.15, 0.2) is 18.2 Å². The third-order valence-corrected chi connectivity index (χ3v) is 3.65. The first-order valence-electron chi connectivity index (χ1n) is 8.18. The third kappa shape index (κ3) is 5.54. The zero-order valence-corrected chi connectivity index (χ0v) is 15.3. The number of amides is 1. The highest BCUT2D eigenvalue weighted by molar-refractivity contribution is 5.85. The molecule has 1 saturated heterocycles. The number of halogens is 1. The molecular weight excluding hydrogens is 332 g/mol. The molecule has 1 aromatic carbocycles. The lowest BCUT2D eigenvalue weighted by atomic mass is 10.1. The van der Waals surface area contributed by atoms with E-state index in [0.717, 1.165) is 17.9 Å². The molecule has 1 aliphatic rings. The highest BCUT2D eigenvalue weighted by atomic mass is 35.5. The van der Waals surface area contributed by atoms with E-state index in [9.17, 15) is 4.79 Å². The van der Waals surface area contributed by atoms with Gasteiger partial charge >= 0.3 is 0 Å². The van der Waals surface area contributed by atoms with Gasteiger partial charge in [0.15, 0.2) is 11.5 Å². The summed E-state index contributed by atoms with van der Waals surface area (Å²) in [7, 11) is 0. The minimum atomic E-state index is -0.430. The molecule has 2 rings (SSSR count). The van der Waals surface area contributed by atoms with Crippen LogP contribution in [0, 0.1) is 0 Å². The van der Waals surface area contributed by atoms with Crippen LogP contribution in [-0.2, 0) is 9.53 Å². The summed E-state index contributed by atoms with van der Waals surface area (Å²) in [5.41, 5.74) is 0.967. The molecule has 2 N–H and O–H groups in total. The van der Waals surface area contributed by atoms with Crippen LogP contribution < -0.4 is 20.1 Å². The molecule has 2 atom stereocenters. The monoisotopic (exact) mass is 358 g/mol. The molecule has 7 heteroatoms. The molecule has 0 saturated carbocycles. The average molecular weight is 359 g/mol. The topological polar surface area (TPSA) is 68.8 Å². The zero-order valence-electron chi connectivity index (χ0n) is 14.5. The molecule has 0 radical (unpaired) electrons. The second kappa shape index (κ2) is 10.4. The summed E-state index contributed by atoms with van der Waals surface area (Å²) >= 11 is 0. The van der Waals surface area contributed by atoms with E-state index in [1.807, 2.05) is 39.0 Å². The van der Waals surface area contributed by atoms with Gasteiger partial charge in [-0.05, 0) is 38.5 Å². The summed E-state index contributed by atoms with van der Waals surface area (Å²) in [6.45, 7) is 8.85. The van der Waals surface area contributed by atoms with Crippen LogP contribution >= 0.6 is 12.4 Å². The standard InChI is InChI=1S/C17H26N2O4.ClH/c1-4-21-14-7-6-13(10-15(14)22-5-2)12(3)19-17(20)16-11-18-8-9-23-16;/h6-7,10,12,16,18H,4-5,8-9,11H2,1-3H3,(H,19,20);1H. The third-order valence-electron chi connectivity index (χ3n) is 3.65. The Morgan fingerprint density at radius 3 is 2.67 bits per heavy atom. The lowest BCUT2D eigenvalue weighted by Crippen LogP contribution is -2.48. The van der Waals surface area contributed by atoms with Crippen molar-refractivity contribution in [3.8, 4) is 11.5 Å². The van der Waals surface area contributed by atoms with E-state index in [-0.39, 0.29) is 24.4 Å². The van der Waals surface area contributed by atoms with Crippen molar-refractivity contribution in [3.05, 3.63) is 23.8 Å². The molecule has 1 aromatic rings. The molecule has 0 aliphatic carbocycles. The number of morpholine rings is 1. The highest BCUT2D eigenvalue weighted by Gasteiger charge is 2.23. The van der Waals surface area contributed by atoms with E-state index in [4.69, 9.17) is 14.2 Å². The Hall–Kier alpha value is -1.50. The molecular formula is C17H27ClN2O4. The minimum absolute atomic E-state index is 0. The van der Waals surface area contributed by atoms with Crippen molar-refractivity contribution in [2.24, 2.45) is 0 Å². The maximum absolute atomic E-state index is 12.2. The lowest BCUT2D eigenvalue weighted by molar-refractivity contribution is -0.134. The Balaban J connectivity index is 0.00000288. The van der Waals surface area contributed by atoms with Gasteiger partial charge in [0.25, 0.3) is 5.91 Å². The first-order valence-corrected chi connectivity index (χ1v) is 8.18. The fourth-order valence-electron chi connectivity index (χ4n) is 2.46. The number of benzene rings is 1. The summed E-state index contributed by atoms with van der Waals surface area (Å²) in [5.74, 6) is 1.32. The maximum atomic E-state index is 12.2. The van der Waals surface area contributed by atoms with Gasteiger partial charge < -0.3 is 24.8 Å². The number of hydrogen-bond acceptors (Lipinski definition) is 5. The Morgan fingerprint density at radius 2 is 2.04 bits per heavy atom. The number of hydrogen-bond donors (Lipinski definition) is 2. The fourth-order valence-corrected chi connectivity index (χ4v) is 2.46. The summed E-state index contributed by atoms with van der Waals surface area (Å²) in [5, 5.41) is 6.14. The van der Waals surface area contributed by atoms with Crippen molar-refractivity contribution in [1.82, 2.24) is 10.6 Å². The lowest BCUT2D eigenvalue weighted by Gasteiger charge is -2.25. The van der Waals surface area contributed by atoms with Gasteiger partial charge in [-0.15, -0.1) is 12.4 Å². The van der Waals surface area contributed by atoms with Gasteiger partial charge in [0.05, 0.1) is 25.9 Å². The van der Waals surface area contributed by atoms with Crippen molar-refractivity contribution in [2.75, 3.05) is 32.9 Å². The molecule has 1 amide bonds. The fraction of sp³-hybridized carbons (Fsp3) is 0.588. The Labute approximate surface area is 149 Å². The van der Waals surface area contributed by atoms with Crippen molar-refractivity contribution < 1.29 is 19.0 Å². The first-order chi connectivity index (χ1) is 11.2. The second-order valence-electron chi connectivity index (χ2n) is 5.37. The number of nitrogens with one attached hydrogen (secondary N) is 2. The zero-order chi connectivity index (χ0) is 16.7. The molecule has 2 unspecified atom stereocenters. The summed E-state index contributed by atoms with van der Waals surface area (Å²) in [4.78, 5) is 12.2. The molecule has 136 valence electrons. The van der Waals surface area contributed by atoms with Gasteiger partial charge in [-0.25, -0.2) is 0 Å². The smallest absolute Gasteiger partial charge is 0.250 e. The number of rotatable bonds is 7. The largest absolute Gasteiger partial charge is 0.490 e. The number of carbonyl (C=O) groups excluding carboxylic acids is 1. The normalized spacial score (nSPS) is 18.2. The van der Waals surface area contributed by atoms with Crippen LogP contribution in [-0.4, -0.2) is 44.9 Å². The van der Waals surface area contributed by atoms with Crippen molar-refractivity contribution >= 4 is 18.3 Å². The SMILES string of the molecule is CCOc1ccc(C(C)NC(=O)C2CNCCO2)cc1OCC.Cl. The van der Waals surface area contributed by atoms with E-state index < -0.39 is 6.10 Å². The summed E-state index contributed by atoms with van der Waals surface area (Å²) in [6.07, 6.45) is -0.430. The predicted octanol–water partition coefficient (Wildman–Crippen LogP) is 2.07. The Kier molecular flexibility index (Phi) is 8.89. The van der Waals surface area contributed by atoms with Crippen molar-refractivity contribution in [3.63, 3.8) is 0 Å². The number of carbonyl (C=O) groups is 1. The van der Waals surface area contributed by atoms with E-state index >= 15 is 0 Å². The van der Waals surface area contributed by atoms with E-state index in [2.05, 4.69) is 10.6 Å². The molecule has 1 heterocycles. The Morgan fingerprint density at radius 1 is 1.33 bits per heavy atom. The van der Waals surface area contributed by atoms with Gasteiger partial charge in [-0.1, -0.05) is 6.07 Å².